The number of aliphatic hydroxyl groups excluding tert-OH is 1. The molecule has 2 aliphatic heterocycles. The lowest BCUT2D eigenvalue weighted by atomic mass is 9.84. The van der Waals surface area contributed by atoms with Gasteiger partial charge in [-0.1, -0.05) is 18.2 Å². The normalized spacial score (nSPS) is 25.3. The van der Waals surface area contributed by atoms with Crippen molar-refractivity contribution in [1.82, 2.24) is 5.32 Å². The molecule has 0 unspecified atom stereocenters. The Kier molecular flexibility index (Phi) is 6.41. The standard InChI is InChI=1S/C22H22N4O7/c1-22(20-30-10-5-11-31-20)19(27)18(16-12-14(26(28)29)8-9-17(16)33-22)25-21(24-13-23)32-15-6-3-2-4-7-15/h2-4,6-9,12,18-20,27H,5,10-11H2,1H3,(H,24,25)/t18-,19+,22+/m1/s1. The molecule has 4 rings (SSSR count). The summed E-state index contributed by atoms with van der Waals surface area (Å²) >= 11 is 0. The van der Waals surface area contributed by atoms with Crippen LogP contribution in [0.4, 0.5) is 5.69 Å². The smallest absolute Gasteiger partial charge is 0.304 e. The number of aliphatic hydroxyl groups is 1. The Labute approximate surface area is 189 Å². The molecule has 3 atom stereocenters. The number of nitrogens with zero attached hydrogens (tertiary/aromatic N) is 3. The van der Waals surface area contributed by atoms with E-state index in [9.17, 15) is 20.5 Å². The minimum Gasteiger partial charge on any atom is -0.479 e. The van der Waals surface area contributed by atoms with E-state index in [0.717, 1.165) is 0 Å². The number of hydrogen-bond donors (Lipinski definition) is 2. The van der Waals surface area contributed by atoms with Crippen molar-refractivity contribution in [2.75, 3.05) is 13.2 Å². The second kappa shape index (κ2) is 9.41. The minimum atomic E-state index is -1.39. The number of nitriles is 1. The Hall–Kier alpha value is -3.72. The van der Waals surface area contributed by atoms with Crippen molar-refractivity contribution in [2.45, 2.75) is 37.4 Å². The number of hydrogen-bond acceptors (Lipinski definition) is 9. The van der Waals surface area contributed by atoms with Crippen LogP contribution in [0, 0.1) is 21.6 Å². The zero-order chi connectivity index (χ0) is 23.4. The molecule has 1 saturated heterocycles. The number of nitro benzene ring substituents is 1. The second-order valence-electron chi connectivity index (χ2n) is 7.67. The lowest BCUT2D eigenvalue weighted by molar-refractivity contribution is -0.385. The van der Waals surface area contributed by atoms with Crippen molar-refractivity contribution in [1.29, 1.82) is 5.26 Å². The van der Waals surface area contributed by atoms with E-state index in [-0.39, 0.29) is 23.0 Å². The van der Waals surface area contributed by atoms with E-state index in [2.05, 4.69) is 10.3 Å². The third-order valence-electron chi connectivity index (χ3n) is 5.41. The summed E-state index contributed by atoms with van der Waals surface area (Å²) in [6.07, 6.45) is 0.202. The highest BCUT2D eigenvalue weighted by atomic mass is 16.7. The first-order valence-corrected chi connectivity index (χ1v) is 10.3. The highest BCUT2D eigenvalue weighted by Gasteiger charge is 2.53. The number of amidine groups is 1. The van der Waals surface area contributed by atoms with Crippen LogP contribution in [0.15, 0.2) is 53.5 Å². The second-order valence-corrected chi connectivity index (χ2v) is 7.67. The molecule has 0 saturated carbocycles. The zero-order valence-corrected chi connectivity index (χ0v) is 17.7. The van der Waals surface area contributed by atoms with Gasteiger partial charge in [-0.15, -0.1) is 0 Å². The first-order valence-electron chi connectivity index (χ1n) is 10.3. The number of non-ortho nitro benzene ring substituents is 1. The van der Waals surface area contributed by atoms with Crippen LogP contribution in [-0.4, -0.2) is 47.3 Å². The Balaban J connectivity index is 1.78. The largest absolute Gasteiger partial charge is 0.479 e. The van der Waals surface area contributed by atoms with Gasteiger partial charge in [0, 0.05) is 17.7 Å². The van der Waals surface area contributed by atoms with Crippen molar-refractivity contribution in [3.05, 3.63) is 64.2 Å². The van der Waals surface area contributed by atoms with E-state index in [1.165, 1.54) is 18.2 Å². The SMILES string of the molecule is C[C@]1(C2OCCCO2)Oc2ccc([N+](=O)[O-])cc2[C@@H](N=C(NC#N)Oc2ccccc2)[C@@H]1O. The van der Waals surface area contributed by atoms with Gasteiger partial charge in [-0.05, 0) is 31.5 Å². The molecule has 2 N–H and O–H groups in total. The maximum Gasteiger partial charge on any atom is 0.304 e. The molecular formula is C22H22N4O7. The van der Waals surface area contributed by atoms with Crippen LogP contribution in [0.1, 0.15) is 24.9 Å². The van der Waals surface area contributed by atoms with Gasteiger partial charge in [-0.25, -0.2) is 10.3 Å². The average molecular weight is 454 g/mol. The minimum absolute atomic E-state index is 0.195. The lowest BCUT2D eigenvalue weighted by Crippen LogP contribution is -2.61. The van der Waals surface area contributed by atoms with Crippen LogP contribution in [0.3, 0.4) is 0 Å². The Morgan fingerprint density at radius 2 is 2.03 bits per heavy atom. The molecule has 0 aromatic heterocycles. The predicted octanol–water partition coefficient (Wildman–Crippen LogP) is 2.42. The molecule has 0 amide bonds. The number of aliphatic imine (C=N–C) groups is 1. The summed E-state index contributed by atoms with van der Waals surface area (Å²) in [6.45, 7) is 2.47. The number of nitrogens with one attached hydrogen (secondary N) is 1. The fourth-order valence-corrected chi connectivity index (χ4v) is 3.76. The van der Waals surface area contributed by atoms with Crippen LogP contribution in [0.25, 0.3) is 0 Å². The number of fused-ring (bicyclic) bond motifs is 1. The average Bonchev–Trinajstić information content (AvgIpc) is 2.83. The third kappa shape index (κ3) is 4.58. The first-order chi connectivity index (χ1) is 15.9. The molecule has 2 heterocycles. The Morgan fingerprint density at radius 3 is 2.70 bits per heavy atom. The Bertz CT molecular complexity index is 1080. The number of para-hydroxylation sites is 1. The highest BCUT2D eigenvalue weighted by Crippen LogP contribution is 2.45. The van der Waals surface area contributed by atoms with Gasteiger partial charge in [-0.3, -0.25) is 10.1 Å². The molecule has 0 spiro atoms. The summed E-state index contributed by atoms with van der Waals surface area (Å²) in [6, 6.07) is 11.4. The highest BCUT2D eigenvalue weighted by molar-refractivity contribution is 5.78. The van der Waals surface area contributed by atoms with Crippen molar-refractivity contribution in [3.63, 3.8) is 0 Å². The summed E-state index contributed by atoms with van der Waals surface area (Å²) < 4.78 is 23.2. The van der Waals surface area contributed by atoms with E-state index in [0.29, 0.717) is 25.4 Å². The number of nitro groups is 1. The van der Waals surface area contributed by atoms with Gasteiger partial charge in [0.2, 0.25) is 0 Å². The molecule has 2 aromatic carbocycles. The molecule has 11 nitrogen and oxygen atoms in total. The zero-order valence-electron chi connectivity index (χ0n) is 17.7. The van der Waals surface area contributed by atoms with E-state index in [4.69, 9.17) is 18.9 Å². The molecule has 172 valence electrons. The maximum absolute atomic E-state index is 11.4. The summed E-state index contributed by atoms with van der Waals surface area (Å²) in [7, 11) is 0. The molecule has 0 radical (unpaired) electrons. The van der Waals surface area contributed by atoms with Crippen molar-refractivity contribution < 1.29 is 29.0 Å². The number of rotatable bonds is 4. The number of benzene rings is 2. The summed E-state index contributed by atoms with van der Waals surface area (Å²) in [5.41, 5.74) is -1.32. The van der Waals surface area contributed by atoms with Gasteiger partial charge < -0.3 is 24.1 Å². The van der Waals surface area contributed by atoms with Gasteiger partial charge in [-0.2, -0.15) is 5.26 Å². The predicted molar refractivity (Wildman–Crippen MR) is 114 cm³/mol. The maximum atomic E-state index is 11.4. The van der Waals surface area contributed by atoms with Gasteiger partial charge in [0.05, 0.1) is 18.1 Å². The van der Waals surface area contributed by atoms with Crippen LogP contribution >= 0.6 is 0 Å². The van der Waals surface area contributed by atoms with Gasteiger partial charge in [0.25, 0.3) is 5.69 Å². The summed E-state index contributed by atoms with van der Waals surface area (Å²) in [5.74, 6) is 0.678. The molecule has 2 aliphatic rings. The van der Waals surface area contributed by atoms with E-state index < -0.39 is 29.0 Å². The van der Waals surface area contributed by atoms with Crippen molar-refractivity contribution in [3.8, 4) is 17.7 Å². The van der Waals surface area contributed by atoms with Crippen molar-refractivity contribution >= 4 is 11.7 Å². The van der Waals surface area contributed by atoms with Gasteiger partial charge >= 0.3 is 6.02 Å². The van der Waals surface area contributed by atoms with Crippen LogP contribution in [0.2, 0.25) is 0 Å². The fourth-order valence-electron chi connectivity index (χ4n) is 3.76. The van der Waals surface area contributed by atoms with E-state index in [1.54, 1.807) is 43.4 Å². The molecular weight excluding hydrogens is 432 g/mol. The molecule has 2 aromatic rings. The summed E-state index contributed by atoms with van der Waals surface area (Å²) in [5, 5.41) is 34.3. The topological polar surface area (TPSA) is 148 Å². The molecule has 0 bridgehead atoms. The fraction of sp³-hybridized carbons (Fsp3) is 0.364. The summed E-state index contributed by atoms with van der Waals surface area (Å²) in [4.78, 5) is 15.2. The van der Waals surface area contributed by atoms with E-state index in [1.807, 2.05) is 0 Å². The Morgan fingerprint density at radius 1 is 1.30 bits per heavy atom. The van der Waals surface area contributed by atoms with Gasteiger partial charge in [0.1, 0.15) is 23.6 Å². The molecule has 0 aliphatic carbocycles. The third-order valence-corrected chi connectivity index (χ3v) is 5.41. The monoisotopic (exact) mass is 454 g/mol. The van der Waals surface area contributed by atoms with Crippen LogP contribution in [0.5, 0.6) is 11.5 Å². The van der Waals surface area contributed by atoms with E-state index >= 15 is 0 Å². The molecule has 1 fully saturated rings. The molecule has 33 heavy (non-hydrogen) atoms. The van der Waals surface area contributed by atoms with Crippen LogP contribution in [-0.2, 0) is 9.47 Å². The van der Waals surface area contributed by atoms with Gasteiger partial charge in [0.15, 0.2) is 18.1 Å². The first kappa shape index (κ1) is 22.5. The van der Waals surface area contributed by atoms with Crippen molar-refractivity contribution in [2.24, 2.45) is 4.99 Å². The number of ether oxygens (including phenoxy) is 4. The molecule has 11 heteroatoms. The lowest BCUT2D eigenvalue weighted by Gasteiger charge is -2.46. The van der Waals surface area contributed by atoms with Crippen LogP contribution < -0.4 is 14.8 Å². The quantitative estimate of drug-likeness (QED) is 0.177.